The number of rotatable bonds is 9. The highest BCUT2D eigenvalue weighted by atomic mass is 15.0. The Morgan fingerprint density at radius 1 is 0.818 bits per heavy atom. The fraction of sp³-hybridized carbons (Fsp3) is 0.400. The number of anilines is 3. The molecule has 2 aromatic carbocycles. The van der Waals surface area contributed by atoms with E-state index in [0.717, 1.165) is 11.4 Å². The van der Waals surface area contributed by atoms with E-state index in [0.29, 0.717) is 6.04 Å². The van der Waals surface area contributed by atoms with Crippen molar-refractivity contribution in [3.05, 3.63) is 54.6 Å². The molecular weight excluding hydrogens is 268 g/mol. The van der Waals surface area contributed by atoms with Gasteiger partial charge in [0.25, 0.3) is 0 Å². The molecule has 2 heteroatoms. The molecule has 0 saturated heterocycles. The van der Waals surface area contributed by atoms with E-state index in [9.17, 15) is 0 Å². The van der Waals surface area contributed by atoms with Crippen LogP contribution >= 0.6 is 0 Å². The van der Waals surface area contributed by atoms with Gasteiger partial charge in [-0.25, -0.2) is 0 Å². The number of nitrogens with one attached hydrogen (secondary N) is 2. The van der Waals surface area contributed by atoms with Gasteiger partial charge in [0.15, 0.2) is 0 Å². The summed E-state index contributed by atoms with van der Waals surface area (Å²) in [5.74, 6) is 0. The Hall–Kier alpha value is -1.96. The number of unbranched alkanes of at least 4 members (excludes halogenated alkanes) is 3. The monoisotopic (exact) mass is 296 g/mol. The third-order valence-electron chi connectivity index (χ3n) is 3.87. The van der Waals surface area contributed by atoms with Crippen molar-refractivity contribution in [3.63, 3.8) is 0 Å². The average Bonchev–Trinajstić information content (AvgIpc) is 2.54. The predicted molar refractivity (Wildman–Crippen MR) is 98.0 cm³/mol. The number of hydrogen-bond acceptors (Lipinski definition) is 2. The summed E-state index contributed by atoms with van der Waals surface area (Å²) >= 11 is 0. The van der Waals surface area contributed by atoms with Crippen molar-refractivity contribution >= 4 is 17.1 Å². The number of hydrogen-bond donors (Lipinski definition) is 2. The number of para-hydroxylation sites is 3. The molecule has 0 radical (unpaired) electrons. The second-order valence-corrected chi connectivity index (χ2v) is 5.93. The smallest absolute Gasteiger partial charge is 0.0620 e. The standard InChI is InChI=1S/C20H28N2/c1-3-4-5-7-12-17(2)21-19-15-10-11-16-20(19)22-18-13-8-6-9-14-18/h6,8-11,13-17,21-22H,3-5,7,12H2,1-2H3. The van der Waals surface area contributed by atoms with Crippen molar-refractivity contribution in [2.75, 3.05) is 10.6 Å². The largest absolute Gasteiger partial charge is 0.381 e. The molecule has 2 rings (SSSR count). The molecular formula is C20H28N2. The van der Waals surface area contributed by atoms with Gasteiger partial charge in [0.2, 0.25) is 0 Å². The average molecular weight is 296 g/mol. The maximum atomic E-state index is 3.65. The van der Waals surface area contributed by atoms with E-state index < -0.39 is 0 Å². The van der Waals surface area contributed by atoms with E-state index in [1.807, 2.05) is 6.07 Å². The molecule has 0 aliphatic rings. The summed E-state index contributed by atoms with van der Waals surface area (Å²) in [7, 11) is 0. The molecule has 0 amide bonds. The van der Waals surface area contributed by atoms with Crippen LogP contribution in [0.25, 0.3) is 0 Å². The zero-order valence-corrected chi connectivity index (χ0v) is 13.8. The quantitative estimate of drug-likeness (QED) is 0.538. The Labute approximate surface area is 135 Å². The van der Waals surface area contributed by atoms with Crippen molar-refractivity contribution in [1.29, 1.82) is 0 Å². The molecule has 2 N–H and O–H groups in total. The maximum Gasteiger partial charge on any atom is 0.0620 e. The first-order chi connectivity index (χ1) is 10.8. The molecule has 2 aromatic rings. The molecule has 0 saturated carbocycles. The van der Waals surface area contributed by atoms with Gasteiger partial charge in [-0.2, -0.15) is 0 Å². The molecule has 0 bridgehead atoms. The predicted octanol–water partition coefficient (Wildman–Crippen LogP) is 6.20. The normalized spacial score (nSPS) is 11.9. The Morgan fingerprint density at radius 2 is 1.50 bits per heavy atom. The van der Waals surface area contributed by atoms with Gasteiger partial charge < -0.3 is 10.6 Å². The lowest BCUT2D eigenvalue weighted by Gasteiger charge is -2.19. The molecule has 0 spiro atoms. The van der Waals surface area contributed by atoms with Crippen LogP contribution in [0, 0.1) is 0 Å². The van der Waals surface area contributed by atoms with Crippen LogP contribution in [0.15, 0.2) is 54.6 Å². The summed E-state index contributed by atoms with van der Waals surface area (Å²) in [6.07, 6.45) is 6.51. The first-order valence-corrected chi connectivity index (χ1v) is 8.47. The van der Waals surface area contributed by atoms with Gasteiger partial charge >= 0.3 is 0 Å². The fourth-order valence-electron chi connectivity index (χ4n) is 2.61. The molecule has 0 fully saturated rings. The molecule has 118 valence electrons. The zero-order chi connectivity index (χ0) is 15.6. The van der Waals surface area contributed by atoms with Crippen molar-refractivity contribution in [1.82, 2.24) is 0 Å². The van der Waals surface area contributed by atoms with Crippen LogP contribution < -0.4 is 10.6 Å². The van der Waals surface area contributed by atoms with Gasteiger partial charge in [-0.05, 0) is 37.6 Å². The number of benzene rings is 2. The van der Waals surface area contributed by atoms with Crippen molar-refractivity contribution in [2.24, 2.45) is 0 Å². The van der Waals surface area contributed by atoms with E-state index in [2.05, 4.69) is 73.0 Å². The molecule has 0 heterocycles. The third kappa shape index (κ3) is 5.44. The van der Waals surface area contributed by atoms with Gasteiger partial charge in [0.1, 0.15) is 0 Å². The Bertz CT molecular complexity index is 536. The van der Waals surface area contributed by atoms with Crippen molar-refractivity contribution in [2.45, 2.75) is 52.0 Å². The van der Waals surface area contributed by atoms with Gasteiger partial charge in [-0.3, -0.25) is 0 Å². The van der Waals surface area contributed by atoms with Crippen molar-refractivity contribution in [3.8, 4) is 0 Å². The molecule has 0 aliphatic heterocycles. The molecule has 1 unspecified atom stereocenters. The summed E-state index contributed by atoms with van der Waals surface area (Å²) < 4.78 is 0. The van der Waals surface area contributed by atoms with Crippen LogP contribution in [0.3, 0.4) is 0 Å². The zero-order valence-electron chi connectivity index (χ0n) is 13.8. The van der Waals surface area contributed by atoms with Crippen LogP contribution in [0.5, 0.6) is 0 Å². The maximum absolute atomic E-state index is 3.65. The molecule has 22 heavy (non-hydrogen) atoms. The summed E-state index contributed by atoms with van der Waals surface area (Å²) in [6, 6.07) is 19.2. The van der Waals surface area contributed by atoms with E-state index in [-0.39, 0.29) is 0 Å². The lowest BCUT2D eigenvalue weighted by molar-refractivity contribution is 0.594. The highest BCUT2D eigenvalue weighted by Gasteiger charge is 2.06. The SMILES string of the molecule is CCCCCCC(C)Nc1ccccc1Nc1ccccc1. The third-order valence-corrected chi connectivity index (χ3v) is 3.87. The van der Waals surface area contributed by atoms with E-state index in [4.69, 9.17) is 0 Å². The minimum absolute atomic E-state index is 0.496. The summed E-state index contributed by atoms with van der Waals surface area (Å²) in [6.45, 7) is 4.53. The highest BCUT2D eigenvalue weighted by Crippen LogP contribution is 2.26. The minimum Gasteiger partial charge on any atom is -0.381 e. The highest BCUT2D eigenvalue weighted by molar-refractivity contribution is 5.74. The van der Waals surface area contributed by atoms with E-state index >= 15 is 0 Å². The molecule has 0 aromatic heterocycles. The first-order valence-electron chi connectivity index (χ1n) is 8.47. The van der Waals surface area contributed by atoms with Gasteiger partial charge in [-0.1, -0.05) is 62.9 Å². The van der Waals surface area contributed by atoms with Gasteiger partial charge in [0.05, 0.1) is 11.4 Å². The lowest BCUT2D eigenvalue weighted by atomic mass is 10.1. The van der Waals surface area contributed by atoms with E-state index in [1.54, 1.807) is 0 Å². The summed E-state index contributed by atoms with van der Waals surface area (Å²) in [5.41, 5.74) is 3.43. The summed E-state index contributed by atoms with van der Waals surface area (Å²) in [4.78, 5) is 0. The van der Waals surface area contributed by atoms with Crippen LogP contribution in [-0.2, 0) is 0 Å². The topological polar surface area (TPSA) is 24.1 Å². The fourth-order valence-corrected chi connectivity index (χ4v) is 2.61. The second kappa shape index (κ2) is 9.14. The Balaban J connectivity index is 1.93. The van der Waals surface area contributed by atoms with Crippen LogP contribution in [0.1, 0.15) is 46.0 Å². The minimum atomic E-state index is 0.496. The van der Waals surface area contributed by atoms with E-state index in [1.165, 1.54) is 37.8 Å². The Kier molecular flexibility index (Phi) is 6.82. The molecule has 2 nitrogen and oxygen atoms in total. The van der Waals surface area contributed by atoms with Gasteiger partial charge in [-0.15, -0.1) is 0 Å². The lowest BCUT2D eigenvalue weighted by Crippen LogP contribution is -2.15. The second-order valence-electron chi connectivity index (χ2n) is 5.93. The van der Waals surface area contributed by atoms with Gasteiger partial charge in [0, 0.05) is 11.7 Å². The van der Waals surface area contributed by atoms with Crippen LogP contribution in [-0.4, -0.2) is 6.04 Å². The van der Waals surface area contributed by atoms with Crippen LogP contribution in [0.2, 0.25) is 0 Å². The van der Waals surface area contributed by atoms with Crippen molar-refractivity contribution < 1.29 is 0 Å². The van der Waals surface area contributed by atoms with Crippen LogP contribution in [0.4, 0.5) is 17.1 Å². The Morgan fingerprint density at radius 3 is 2.23 bits per heavy atom. The molecule has 0 aliphatic carbocycles. The summed E-state index contributed by atoms with van der Waals surface area (Å²) in [5, 5.41) is 7.14. The first kappa shape index (κ1) is 16.4. The molecule has 1 atom stereocenters.